The van der Waals surface area contributed by atoms with Gasteiger partial charge in [-0.05, 0) is 41.8 Å². The van der Waals surface area contributed by atoms with Crippen LogP contribution in [0.2, 0.25) is 0 Å². The third-order valence-corrected chi connectivity index (χ3v) is 3.95. The minimum absolute atomic E-state index is 0.319. The van der Waals surface area contributed by atoms with Crippen LogP contribution in [0.15, 0.2) is 60.7 Å². The van der Waals surface area contributed by atoms with Gasteiger partial charge in [-0.1, -0.05) is 36.4 Å². The minimum atomic E-state index is 0.319. The van der Waals surface area contributed by atoms with Crippen molar-refractivity contribution in [2.24, 2.45) is 0 Å². The maximum Gasteiger partial charge on any atom is 0.119 e. The summed E-state index contributed by atoms with van der Waals surface area (Å²) >= 11 is 0. The predicted molar refractivity (Wildman–Crippen MR) is 89.1 cm³/mol. The number of aromatic hydroxyl groups is 1. The average molecular weight is 295 g/mol. The molecule has 0 unspecified atom stereocenters. The number of nitrogens with zero attached hydrogens (tertiary/aromatic N) is 1. The first-order chi connectivity index (χ1) is 10.8. The van der Waals surface area contributed by atoms with E-state index in [1.165, 1.54) is 11.1 Å². The molecule has 0 spiro atoms. The second kappa shape index (κ2) is 7.14. The Hall–Kier alpha value is -2.26. The standard InChI is InChI=1S/C19H21NO2/c21-18-8-6-16(7-9-18)17-10-12-20(13-11-17)14-15-22-19-4-2-1-3-5-19/h1-10,21H,11-15H2. The largest absolute Gasteiger partial charge is 0.508 e. The Kier molecular flexibility index (Phi) is 4.76. The Morgan fingerprint density at radius 3 is 2.45 bits per heavy atom. The lowest BCUT2D eigenvalue weighted by Gasteiger charge is -2.26. The summed E-state index contributed by atoms with van der Waals surface area (Å²) in [6, 6.07) is 17.4. The number of hydrogen-bond acceptors (Lipinski definition) is 3. The highest BCUT2D eigenvalue weighted by molar-refractivity contribution is 5.67. The van der Waals surface area contributed by atoms with Crippen molar-refractivity contribution in [3.63, 3.8) is 0 Å². The summed E-state index contributed by atoms with van der Waals surface area (Å²) in [5.74, 6) is 1.25. The van der Waals surface area contributed by atoms with Crippen molar-refractivity contribution < 1.29 is 9.84 Å². The monoisotopic (exact) mass is 295 g/mol. The number of phenols is 1. The molecule has 0 saturated carbocycles. The van der Waals surface area contributed by atoms with E-state index < -0.39 is 0 Å². The first-order valence-electron chi connectivity index (χ1n) is 7.70. The molecule has 2 aromatic rings. The molecule has 0 atom stereocenters. The van der Waals surface area contributed by atoms with E-state index in [1.807, 2.05) is 42.5 Å². The fourth-order valence-electron chi connectivity index (χ4n) is 2.66. The number of benzene rings is 2. The van der Waals surface area contributed by atoms with E-state index in [4.69, 9.17) is 4.74 Å². The second-order valence-electron chi connectivity index (χ2n) is 5.49. The van der Waals surface area contributed by atoms with Gasteiger partial charge in [0.05, 0.1) is 0 Å². The second-order valence-corrected chi connectivity index (χ2v) is 5.49. The highest BCUT2D eigenvalue weighted by atomic mass is 16.5. The van der Waals surface area contributed by atoms with Crippen LogP contribution in [-0.4, -0.2) is 36.2 Å². The van der Waals surface area contributed by atoms with Crippen molar-refractivity contribution in [1.29, 1.82) is 0 Å². The van der Waals surface area contributed by atoms with Gasteiger partial charge in [0.2, 0.25) is 0 Å². The number of hydrogen-bond donors (Lipinski definition) is 1. The summed E-state index contributed by atoms with van der Waals surface area (Å²) in [6.45, 7) is 3.65. The van der Waals surface area contributed by atoms with Crippen LogP contribution in [-0.2, 0) is 0 Å². The van der Waals surface area contributed by atoms with E-state index >= 15 is 0 Å². The highest BCUT2D eigenvalue weighted by Gasteiger charge is 2.12. The molecule has 0 radical (unpaired) electrons. The first kappa shape index (κ1) is 14.7. The molecular weight excluding hydrogens is 274 g/mol. The van der Waals surface area contributed by atoms with E-state index in [-0.39, 0.29) is 0 Å². The van der Waals surface area contributed by atoms with Crippen LogP contribution >= 0.6 is 0 Å². The fourth-order valence-corrected chi connectivity index (χ4v) is 2.66. The van der Waals surface area contributed by atoms with Gasteiger partial charge in [-0.3, -0.25) is 4.90 Å². The summed E-state index contributed by atoms with van der Waals surface area (Å²) < 4.78 is 5.74. The van der Waals surface area contributed by atoms with Crippen molar-refractivity contribution in [3.05, 3.63) is 66.2 Å². The quantitative estimate of drug-likeness (QED) is 0.915. The Morgan fingerprint density at radius 1 is 1.00 bits per heavy atom. The molecule has 0 amide bonds. The van der Waals surface area contributed by atoms with Crippen LogP contribution in [0.4, 0.5) is 0 Å². The molecule has 0 aromatic heterocycles. The molecule has 0 aliphatic carbocycles. The normalized spacial score (nSPS) is 15.4. The Morgan fingerprint density at radius 2 is 1.77 bits per heavy atom. The molecule has 1 N–H and O–H groups in total. The van der Waals surface area contributed by atoms with Gasteiger partial charge in [0.1, 0.15) is 18.1 Å². The Labute approximate surface area is 131 Å². The van der Waals surface area contributed by atoms with Crippen molar-refractivity contribution in [2.45, 2.75) is 6.42 Å². The topological polar surface area (TPSA) is 32.7 Å². The molecule has 114 valence electrons. The summed E-state index contributed by atoms with van der Waals surface area (Å²) in [5, 5.41) is 9.35. The zero-order valence-corrected chi connectivity index (χ0v) is 12.6. The lowest BCUT2D eigenvalue weighted by atomic mass is 9.99. The molecular formula is C19H21NO2. The van der Waals surface area contributed by atoms with E-state index in [1.54, 1.807) is 12.1 Å². The summed E-state index contributed by atoms with van der Waals surface area (Å²) in [6.07, 6.45) is 3.31. The Bertz CT molecular complexity index is 620. The zero-order chi connectivity index (χ0) is 15.2. The van der Waals surface area contributed by atoms with Gasteiger partial charge >= 0.3 is 0 Å². The van der Waals surface area contributed by atoms with Gasteiger partial charge in [0.25, 0.3) is 0 Å². The smallest absolute Gasteiger partial charge is 0.119 e. The molecule has 1 heterocycles. The van der Waals surface area contributed by atoms with Crippen molar-refractivity contribution in [3.8, 4) is 11.5 Å². The fraction of sp³-hybridized carbons (Fsp3) is 0.263. The molecule has 3 nitrogen and oxygen atoms in total. The number of para-hydroxylation sites is 1. The van der Waals surface area contributed by atoms with Crippen LogP contribution in [0, 0.1) is 0 Å². The maximum atomic E-state index is 9.35. The van der Waals surface area contributed by atoms with Crippen LogP contribution in [0.1, 0.15) is 12.0 Å². The van der Waals surface area contributed by atoms with Gasteiger partial charge in [0, 0.05) is 19.6 Å². The molecule has 0 fully saturated rings. The highest BCUT2D eigenvalue weighted by Crippen LogP contribution is 2.23. The van der Waals surface area contributed by atoms with E-state index in [0.717, 1.165) is 31.8 Å². The minimum Gasteiger partial charge on any atom is -0.508 e. The molecule has 0 saturated heterocycles. The molecule has 1 aliphatic heterocycles. The number of rotatable bonds is 5. The van der Waals surface area contributed by atoms with Crippen LogP contribution in [0.5, 0.6) is 11.5 Å². The summed E-state index contributed by atoms with van der Waals surface area (Å²) in [5.41, 5.74) is 2.57. The number of phenolic OH excluding ortho intramolecular Hbond substituents is 1. The maximum absolute atomic E-state index is 9.35. The number of ether oxygens (including phenoxy) is 1. The van der Waals surface area contributed by atoms with Crippen LogP contribution < -0.4 is 4.74 Å². The molecule has 2 aromatic carbocycles. The zero-order valence-electron chi connectivity index (χ0n) is 12.6. The van der Waals surface area contributed by atoms with Gasteiger partial charge in [-0.15, -0.1) is 0 Å². The van der Waals surface area contributed by atoms with Crippen LogP contribution in [0.25, 0.3) is 5.57 Å². The van der Waals surface area contributed by atoms with Crippen molar-refractivity contribution in [2.75, 3.05) is 26.2 Å². The molecule has 3 heteroatoms. The summed E-state index contributed by atoms with van der Waals surface area (Å²) in [4.78, 5) is 2.40. The summed E-state index contributed by atoms with van der Waals surface area (Å²) in [7, 11) is 0. The van der Waals surface area contributed by atoms with E-state index in [0.29, 0.717) is 12.4 Å². The van der Waals surface area contributed by atoms with Gasteiger partial charge in [-0.25, -0.2) is 0 Å². The van der Waals surface area contributed by atoms with Gasteiger partial charge < -0.3 is 9.84 Å². The predicted octanol–water partition coefficient (Wildman–Crippen LogP) is 3.56. The molecule has 0 bridgehead atoms. The van der Waals surface area contributed by atoms with E-state index in [9.17, 15) is 5.11 Å². The van der Waals surface area contributed by atoms with Crippen molar-refractivity contribution in [1.82, 2.24) is 4.90 Å². The lowest BCUT2D eigenvalue weighted by Crippen LogP contribution is -2.32. The van der Waals surface area contributed by atoms with Crippen LogP contribution in [0.3, 0.4) is 0 Å². The molecule has 22 heavy (non-hydrogen) atoms. The van der Waals surface area contributed by atoms with E-state index in [2.05, 4.69) is 11.0 Å². The SMILES string of the molecule is Oc1ccc(C2=CCN(CCOc3ccccc3)CC2)cc1. The van der Waals surface area contributed by atoms with Gasteiger partial charge in [-0.2, -0.15) is 0 Å². The Balaban J connectivity index is 1.47. The molecule has 1 aliphatic rings. The average Bonchev–Trinajstić information content (AvgIpc) is 2.57. The third-order valence-electron chi connectivity index (χ3n) is 3.95. The van der Waals surface area contributed by atoms with Gasteiger partial charge in [0.15, 0.2) is 0 Å². The van der Waals surface area contributed by atoms with Crippen molar-refractivity contribution >= 4 is 5.57 Å². The lowest BCUT2D eigenvalue weighted by molar-refractivity contribution is 0.222. The third kappa shape index (κ3) is 3.89. The first-order valence-corrected chi connectivity index (χ1v) is 7.70. The molecule has 3 rings (SSSR count).